The molecule has 2 nitrogen and oxygen atoms in total. The van der Waals surface area contributed by atoms with E-state index in [4.69, 9.17) is 4.74 Å². The van der Waals surface area contributed by atoms with E-state index in [1.807, 2.05) is 18.2 Å². The van der Waals surface area contributed by atoms with Gasteiger partial charge in [-0.2, -0.15) is 0 Å². The molecule has 0 aromatic heterocycles. The summed E-state index contributed by atoms with van der Waals surface area (Å²) >= 11 is 0. The summed E-state index contributed by atoms with van der Waals surface area (Å²) in [5, 5.41) is 3.50. The highest BCUT2D eigenvalue weighted by molar-refractivity contribution is 5.37. The van der Waals surface area contributed by atoms with Crippen molar-refractivity contribution in [3.05, 3.63) is 65.0 Å². The number of benzene rings is 2. The number of ether oxygens (including phenoxy) is 1. The van der Waals surface area contributed by atoms with Gasteiger partial charge in [-0.25, -0.2) is 4.39 Å². The Bertz CT molecular complexity index is 622. The van der Waals surface area contributed by atoms with Crippen LogP contribution in [0.25, 0.3) is 0 Å². The zero-order chi connectivity index (χ0) is 14.7. The SMILES string of the molecule is Cc1ccc(OCc2ccccc2F)c(CNC2CC2)c1. The van der Waals surface area contributed by atoms with E-state index >= 15 is 0 Å². The summed E-state index contributed by atoms with van der Waals surface area (Å²) in [6.07, 6.45) is 2.52. The highest BCUT2D eigenvalue weighted by Crippen LogP contribution is 2.24. The van der Waals surface area contributed by atoms with Gasteiger partial charge in [0.1, 0.15) is 18.2 Å². The van der Waals surface area contributed by atoms with Gasteiger partial charge in [0, 0.05) is 23.7 Å². The fourth-order valence-electron chi connectivity index (χ4n) is 2.30. The Morgan fingerprint density at radius 1 is 1.14 bits per heavy atom. The Morgan fingerprint density at radius 2 is 1.95 bits per heavy atom. The number of nitrogens with one attached hydrogen (secondary N) is 1. The lowest BCUT2D eigenvalue weighted by Crippen LogP contribution is -2.16. The Kier molecular flexibility index (Phi) is 4.20. The molecular formula is C18H20FNO. The van der Waals surface area contributed by atoms with Crippen molar-refractivity contribution < 1.29 is 9.13 Å². The van der Waals surface area contributed by atoms with Crippen molar-refractivity contribution in [1.29, 1.82) is 0 Å². The predicted octanol–water partition coefficient (Wildman–Crippen LogP) is 3.97. The molecule has 0 heterocycles. The number of hydrogen-bond donors (Lipinski definition) is 1. The maximum Gasteiger partial charge on any atom is 0.129 e. The number of aryl methyl sites for hydroxylation is 1. The minimum atomic E-state index is -0.220. The zero-order valence-corrected chi connectivity index (χ0v) is 12.2. The molecule has 2 aromatic carbocycles. The van der Waals surface area contributed by atoms with E-state index in [2.05, 4.69) is 18.3 Å². The van der Waals surface area contributed by atoms with Crippen LogP contribution >= 0.6 is 0 Å². The maximum atomic E-state index is 13.6. The maximum absolute atomic E-state index is 13.6. The minimum Gasteiger partial charge on any atom is -0.488 e. The van der Waals surface area contributed by atoms with Crippen molar-refractivity contribution in [2.24, 2.45) is 0 Å². The van der Waals surface area contributed by atoms with E-state index in [1.165, 1.54) is 24.5 Å². The lowest BCUT2D eigenvalue weighted by atomic mass is 10.1. The molecule has 3 rings (SSSR count). The van der Waals surface area contributed by atoms with Gasteiger partial charge in [-0.1, -0.05) is 35.9 Å². The van der Waals surface area contributed by atoms with Gasteiger partial charge in [0.15, 0.2) is 0 Å². The summed E-state index contributed by atoms with van der Waals surface area (Å²) in [6, 6.07) is 13.5. The molecule has 1 fully saturated rings. The summed E-state index contributed by atoms with van der Waals surface area (Å²) in [4.78, 5) is 0. The van der Waals surface area contributed by atoms with Crippen molar-refractivity contribution in [1.82, 2.24) is 5.32 Å². The summed E-state index contributed by atoms with van der Waals surface area (Å²) < 4.78 is 19.5. The molecule has 0 atom stereocenters. The van der Waals surface area contributed by atoms with Crippen LogP contribution in [-0.4, -0.2) is 6.04 Å². The lowest BCUT2D eigenvalue weighted by Gasteiger charge is -2.13. The van der Waals surface area contributed by atoms with Gasteiger partial charge in [-0.15, -0.1) is 0 Å². The standard InChI is InChI=1S/C18H20FNO/c1-13-6-9-18(15(10-13)11-20-16-7-8-16)21-12-14-4-2-3-5-17(14)19/h2-6,9-10,16,20H,7-8,11-12H2,1H3. The quantitative estimate of drug-likeness (QED) is 0.867. The van der Waals surface area contributed by atoms with Crippen LogP contribution in [0.5, 0.6) is 5.75 Å². The van der Waals surface area contributed by atoms with E-state index in [0.717, 1.165) is 17.9 Å². The Hall–Kier alpha value is -1.87. The zero-order valence-electron chi connectivity index (χ0n) is 12.2. The average molecular weight is 285 g/mol. The molecule has 0 bridgehead atoms. The lowest BCUT2D eigenvalue weighted by molar-refractivity contribution is 0.296. The summed E-state index contributed by atoms with van der Waals surface area (Å²) in [5.41, 5.74) is 2.93. The third-order valence-corrected chi connectivity index (χ3v) is 3.72. The molecule has 0 amide bonds. The van der Waals surface area contributed by atoms with E-state index < -0.39 is 0 Å². The van der Waals surface area contributed by atoms with Crippen molar-refractivity contribution in [3.63, 3.8) is 0 Å². The highest BCUT2D eigenvalue weighted by Gasteiger charge is 2.20. The normalized spacial score (nSPS) is 14.2. The molecule has 1 aliphatic carbocycles. The smallest absolute Gasteiger partial charge is 0.129 e. The molecule has 21 heavy (non-hydrogen) atoms. The van der Waals surface area contributed by atoms with E-state index in [0.29, 0.717) is 11.6 Å². The highest BCUT2D eigenvalue weighted by atomic mass is 19.1. The van der Waals surface area contributed by atoms with Crippen LogP contribution in [-0.2, 0) is 13.2 Å². The first-order chi connectivity index (χ1) is 10.2. The monoisotopic (exact) mass is 285 g/mol. The first-order valence-corrected chi connectivity index (χ1v) is 7.41. The fourth-order valence-corrected chi connectivity index (χ4v) is 2.30. The molecule has 3 heteroatoms. The average Bonchev–Trinajstić information content (AvgIpc) is 3.30. The summed E-state index contributed by atoms with van der Waals surface area (Å²) in [5.74, 6) is 0.610. The largest absolute Gasteiger partial charge is 0.488 e. The molecule has 0 spiro atoms. The second kappa shape index (κ2) is 6.27. The van der Waals surface area contributed by atoms with Crippen LogP contribution in [0.2, 0.25) is 0 Å². The molecular weight excluding hydrogens is 265 g/mol. The van der Waals surface area contributed by atoms with Gasteiger partial charge >= 0.3 is 0 Å². The van der Waals surface area contributed by atoms with Crippen molar-refractivity contribution in [2.75, 3.05) is 0 Å². The van der Waals surface area contributed by atoms with Gasteiger partial charge in [0.05, 0.1) is 0 Å². The molecule has 0 unspecified atom stereocenters. The van der Waals surface area contributed by atoms with Crippen LogP contribution in [0.15, 0.2) is 42.5 Å². The van der Waals surface area contributed by atoms with E-state index in [-0.39, 0.29) is 12.4 Å². The topological polar surface area (TPSA) is 21.3 Å². The predicted molar refractivity (Wildman–Crippen MR) is 81.8 cm³/mol. The molecule has 0 aliphatic heterocycles. The third kappa shape index (κ3) is 3.82. The molecule has 1 saturated carbocycles. The van der Waals surface area contributed by atoms with Gasteiger partial charge in [0.25, 0.3) is 0 Å². The molecule has 1 aliphatic rings. The van der Waals surface area contributed by atoms with Crippen LogP contribution in [0.3, 0.4) is 0 Å². The third-order valence-electron chi connectivity index (χ3n) is 3.72. The molecule has 110 valence electrons. The summed E-state index contributed by atoms with van der Waals surface area (Å²) in [7, 11) is 0. The van der Waals surface area contributed by atoms with Crippen LogP contribution in [0.4, 0.5) is 4.39 Å². The second-order valence-corrected chi connectivity index (χ2v) is 5.65. The number of rotatable bonds is 6. The fraction of sp³-hybridized carbons (Fsp3) is 0.333. The first kappa shape index (κ1) is 14.1. The van der Waals surface area contributed by atoms with Crippen molar-refractivity contribution in [3.8, 4) is 5.75 Å². The molecule has 2 aromatic rings. The number of halogens is 1. The van der Waals surface area contributed by atoms with Gasteiger partial charge in [0.2, 0.25) is 0 Å². The van der Waals surface area contributed by atoms with Gasteiger partial charge < -0.3 is 10.1 Å². The van der Waals surface area contributed by atoms with Crippen LogP contribution < -0.4 is 10.1 Å². The number of hydrogen-bond acceptors (Lipinski definition) is 2. The Morgan fingerprint density at radius 3 is 2.71 bits per heavy atom. The van der Waals surface area contributed by atoms with E-state index in [1.54, 1.807) is 12.1 Å². The first-order valence-electron chi connectivity index (χ1n) is 7.41. The van der Waals surface area contributed by atoms with Crippen molar-refractivity contribution in [2.45, 2.75) is 39.0 Å². The molecule has 0 saturated heterocycles. The van der Waals surface area contributed by atoms with Crippen molar-refractivity contribution >= 4 is 0 Å². The Balaban J connectivity index is 1.70. The second-order valence-electron chi connectivity index (χ2n) is 5.65. The Labute approximate surface area is 125 Å². The molecule has 1 N–H and O–H groups in total. The molecule has 0 radical (unpaired) electrons. The van der Waals surface area contributed by atoms with E-state index in [9.17, 15) is 4.39 Å². The van der Waals surface area contributed by atoms with Crippen LogP contribution in [0.1, 0.15) is 29.5 Å². The van der Waals surface area contributed by atoms with Gasteiger partial charge in [-0.05, 0) is 31.9 Å². The van der Waals surface area contributed by atoms with Gasteiger partial charge in [-0.3, -0.25) is 0 Å². The minimum absolute atomic E-state index is 0.220. The summed E-state index contributed by atoms with van der Waals surface area (Å²) in [6.45, 7) is 3.13. The van der Waals surface area contributed by atoms with Crippen LogP contribution in [0, 0.1) is 12.7 Å².